The van der Waals surface area contributed by atoms with Crippen molar-refractivity contribution in [1.82, 2.24) is 10.2 Å². The Balaban J connectivity index is 2.45. The molecule has 0 fully saturated rings. The normalized spacial score (nSPS) is 11.4. The maximum Gasteiger partial charge on any atom is 0.416 e. The van der Waals surface area contributed by atoms with E-state index >= 15 is 0 Å². The molecule has 0 saturated heterocycles. The van der Waals surface area contributed by atoms with E-state index in [1.54, 1.807) is 0 Å². The quantitative estimate of drug-likeness (QED) is 0.787. The lowest BCUT2D eigenvalue weighted by molar-refractivity contribution is -0.137. The highest BCUT2D eigenvalue weighted by molar-refractivity contribution is 5.60. The van der Waals surface area contributed by atoms with Crippen molar-refractivity contribution < 1.29 is 22.3 Å². The van der Waals surface area contributed by atoms with E-state index in [4.69, 9.17) is 0 Å². The topological polar surface area (TPSA) is 35.0 Å². The number of benzene rings is 1. The number of rotatable bonds is 2. The van der Waals surface area contributed by atoms with Crippen molar-refractivity contribution in [3.05, 3.63) is 41.7 Å². The predicted octanol–water partition coefficient (Wildman–Crippen LogP) is 3.31. The maximum atomic E-state index is 13.4. The average Bonchev–Trinajstić information content (AvgIpc) is 2.38. The molecule has 0 bridgehead atoms. The zero-order valence-corrected chi connectivity index (χ0v) is 9.70. The number of alkyl halides is 3. The summed E-state index contributed by atoms with van der Waals surface area (Å²) in [5.41, 5.74) is -0.698. The summed E-state index contributed by atoms with van der Waals surface area (Å²) in [7, 11) is 1.22. The third-order valence-electron chi connectivity index (χ3n) is 2.40. The van der Waals surface area contributed by atoms with E-state index in [9.17, 15) is 17.6 Å². The van der Waals surface area contributed by atoms with Crippen LogP contribution in [0.25, 0.3) is 11.3 Å². The van der Waals surface area contributed by atoms with Gasteiger partial charge in [0.2, 0.25) is 0 Å². The van der Waals surface area contributed by atoms with Crippen molar-refractivity contribution in [1.29, 1.82) is 0 Å². The van der Waals surface area contributed by atoms with Crippen LogP contribution >= 0.6 is 0 Å². The van der Waals surface area contributed by atoms with Crippen LogP contribution in [-0.4, -0.2) is 17.3 Å². The number of methoxy groups -OCH3 is 1. The second-order valence-electron chi connectivity index (χ2n) is 3.67. The van der Waals surface area contributed by atoms with Gasteiger partial charge in [-0.25, -0.2) is 4.39 Å². The van der Waals surface area contributed by atoms with Crippen molar-refractivity contribution in [2.45, 2.75) is 6.18 Å². The van der Waals surface area contributed by atoms with E-state index < -0.39 is 17.6 Å². The molecule has 2 rings (SSSR count). The van der Waals surface area contributed by atoms with Gasteiger partial charge in [0.1, 0.15) is 0 Å². The van der Waals surface area contributed by atoms with E-state index in [1.165, 1.54) is 19.2 Å². The molecular formula is C12H8F4N2O. The third-order valence-corrected chi connectivity index (χ3v) is 2.40. The number of aromatic nitrogens is 2. The van der Waals surface area contributed by atoms with Gasteiger partial charge in [-0.3, -0.25) is 0 Å². The standard InChI is InChI=1S/C12H8F4N2O/c1-19-11-9(13)6-10(17-18-11)7-3-2-4-8(5-7)12(14,15)16/h2-6H,1H3. The first-order valence-electron chi connectivity index (χ1n) is 5.16. The molecule has 100 valence electrons. The van der Waals surface area contributed by atoms with Gasteiger partial charge in [-0.1, -0.05) is 12.1 Å². The molecule has 1 aromatic carbocycles. The summed E-state index contributed by atoms with van der Waals surface area (Å²) in [5.74, 6) is -1.10. The van der Waals surface area contributed by atoms with Gasteiger partial charge in [-0.2, -0.15) is 13.2 Å². The number of halogens is 4. The smallest absolute Gasteiger partial charge is 0.416 e. The highest BCUT2D eigenvalue weighted by atomic mass is 19.4. The van der Waals surface area contributed by atoms with Gasteiger partial charge in [0.25, 0.3) is 5.88 Å². The summed E-state index contributed by atoms with van der Waals surface area (Å²) in [6.07, 6.45) is -4.46. The Labute approximate surface area is 105 Å². The van der Waals surface area contributed by atoms with Crippen LogP contribution in [0.4, 0.5) is 17.6 Å². The molecule has 3 nitrogen and oxygen atoms in total. The largest absolute Gasteiger partial charge is 0.478 e. The molecule has 7 heteroatoms. The lowest BCUT2D eigenvalue weighted by atomic mass is 10.1. The van der Waals surface area contributed by atoms with Crippen molar-refractivity contribution >= 4 is 0 Å². The lowest BCUT2D eigenvalue weighted by Gasteiger charge is -2.08. The molecule has 0 atom stereocenters. The van der Waals surface area contributed by atoms with Crippen LogP contribution < -0.4 is 4.74 Å². The van der Waals surface area contributed by atoms with Crippen molar-refractivity contribution in [2.75, 3.05) is 7.11 Å². The molecule has 0 aliphatic heterocycles. The minimum Gasteiger partial charge on any atom is -0.478 e. The molecule has 1 heterocycles. The van der Waals surface area contributed by atoms with Gasteiger partial charge in [0, 0.05) is 11.6 Å². The van der Waals surface area contributed by atoms with Crippen LogP contribution in [0.5, 0.6) is 5.88 Å². The minimum atomic E-state index is -4.46. The fourth-order valence-electron chi connectivity index (χ4n) is 1.49. The monoisotopic (exact) mass is 272 g/mol. The second kappa shape index (κ2) is 4.83. The highest BCUT2D eigenvalue weighted by Gasteiger charge is 2.30. The van der Waals surface area contributed by atoms with E-state index in [1.807, 2.05) is 0 Å². The Morgan fingerprint density at radius 1 is 1.11 bits per heavy atom. The van der Waals surface area contributed by atoms with E-state index in [-0.39, 0.29) is 17.1 Å². The van der Waals surface area contributed by atoms with Crippen molar-refractivity contribution in [3.63, 3.8) is 0 Å². The molecule has 0 spiro atoms. The van der Waals surface area contributed by atoms with Gasteiger partial charge >= 0.3 is 6.18 Å². The summed E-state index contributed by atoms with van der Waals surface area (Å²) in [5, 5.41) is 7.06. The van der Waals surface area contributed by atoms with Gasteiger partial charge < -0.3 is 4.74 Å². The molecule has 0 radical (unpaired) electrons. The summed E-state index contributed by atoms with van der Waals surface area (Å²) in [6, 6.07) is 5.40. The van der Waals surface area contributed by atoms with Crippen molar-refractivity contribution in [2.24, 2.45) is 0 Å². The number of nitrogens with zero attached hydrogens (tertiary/aromatic N) is 2. The molecule has 0 amide bonds. The minimum absolute atomic E-state index is 0.00407. The van der Waals surface area contributed by atoms with Gasteiger partial charge in [0.05, 0.1) is 18.4 Å². The summed E-state index contributed by atoms with van der Waals surface area (Å²) >= 11 is 0. The van der Waals surface area contributed by atoms with Gasteiger partial charge in [-0.15, -0.1) is 10.2 Å². The predicted molar refractivity (Wildman–Crippen MR) is 59.0 cm³/mol. The van der Waals surface area contributed by atoms with E-state index in [2.05, 4.69) is 14.9 Å². The van der Waals surface area contributed by atoms with Crippen LogP contribution in [0, 0.1) is 5.82 Å². The van der Waals surface area contributed by atoms with Crippen LogP contribution in [0.2, 0.25) is 0 Å². The number of ether oxygens (including phenoxy) is 1. The Morgan fingerprint density at radius 3 is 2.42 bits per heavy atom. The molecule has 1 aromatic heterocycles. The van der Waals surface area contributed by atoms with Crippen LogP contribution in [0.15, 0.2) is 30.3 Å². The van der Waals surface area contributed by atoms with E-state index in [0.29, 0.717) is 0 Å². The maximum absolute atomic E-state index is 13.4. The molecular weight excluding hydrogens is 264 g/mol. The SMILES string of the molecule is COc1nnc(-c2cccc(C(F)(F)F)c2)cc1F. The number of hydrogen-bond donors (Lipinski definition) is 0. The van der Waals surface area contributed by atoms with Crippen LogP contribution in [-0.2, 0) is 6.18 Å². The molecule has 19 heavy (non-hydrogen) atoms. The van der Waals surface area contributed by atoms with Crippen LogP contribution in [0.1, 0.15) is 5.56 Å². The Morgan fingerprint density at radius 2 is 1.84 bits per heavy atom. The average molecular weight is 272 g/mol. The molecule has 2 aromatic rings. The van der Waals surface area contributed by atoms with Crippen molar-refractivity contribution in [3.8, 4) is 17.1 Å². The van der Waals surface area contributed by atoms with E-state index in [0.717, 1.165) is 18.2 Å². The first-order valence-corrected chi connectivity index (χ1v) is 5.16. The zero-order chi connectivity index (χ0) is 14.0. The second-order valence-corrected chi connectivity index (χ2v) is 3.67. The zero-order valence-electron chi connectivity index (χ0n) is 9.70. The summed E-state index contributed by atoms with van der Waals surface area (Å²) < 4.78 is 55.7. The Kier molecular flexibility index (Phi) is 3.37. The number of hydrogen-bond acceptors (Lipinski definition) is 3. The first-order chi connectivity index (χ1) is 8.91. The van der Waals surface area contributed by atoms with Crippen LogP contribution in [0.3, 0.4) is 0 Å². The molecule has 0 saturated carbocycles. The van der Waals surface area contributed by atoms with Gasteiger partial charge in [-0.05, 0) is 12.1 Å². The molecule has 0 N–H and O–H groups in total. The molecule has 0 unspecified atom stereocenters. The molecule has 0 aliphatic carbocycles. The summed E-state index contributed by atoms with van der Waals surface area (Å²) in [4.78, 5) is 0. The fourth-order valence-corrected chi connectivity index (χ4v) is 1.49. The highest BCUT2D eigenvalue weighted by Crippen LogP contribution is 2.32. The Hall–Kier alpha value is -2.18. The first kappa shape index (κ1) is 13.3. The third kappa shape index (κ3) is 2.81. The lowest BCUT2D eigenvalue weighted by Crippen LogP contribution is -2.05. The summed E-state index contributed by atoms with van der Waals surface area (Å²) in [6.45, 7) is 0. The molecule has 0 aliphatic rings. The fraction of sp³-hybridized carbons (Fsp3) is 0.167. The Bertz CT molecular complexity index is 599. The van der Waals surface area contributed by atoms with Gasteiger partial charge in [0.15, 0.2) is 5.82 Å².